The van der Waals surface area contributed by atoms with Crippen molar-refractivity contribution in [3.05, 3.63) is 84.3 Å². The normalized spacial score (nSPS) is 15.2. The molecule has 0 bridgehead atoms. The minimum Gasteiger partial charge on any atom is -0.397 e. The van der Waals surface area contributed by atoms with Gasteiger partial charge in [-0.15, -0.1) is 0 Å². The fourth-order valence-corrected chi connectivity index (χ4v) is 5.75. The van der Waals surface area contributed by atoms with E-state index in [0.717, 1.165) is 50.0 Å². The van der Waals surface area contributed by atoms with Gasteiger partial charge in [0.05, 0.1) is 22.8 Å². The van der Waals surface area contributed by atoms with Crippen molar-refractivity contribution < 1.29 is 9.59 Å². The van der Waals surface area contributed by atoms with Gasteiger partial charge in [-0.2, -0.15) is 5.10 Å². The predicted octanol–water partition coefficient (Wildman–Crippen LogP) is 4.67. The van der Waals surface area contributed by atoms with Gasteiger partial charge in [0.1, 0.15) is 23.7 Å². The second-order valence-corrected chi connectivity index (χ2v) is 11.3. The Hall–Kier alpha value is -5.36. The van der Waals surface area contributed by atoms with Crippen molar-refractivity contribution in [3.8, 4) is 11.3 Å². The van der Waals surface area contributed by atoms with Crippen LogP contribution in [0.25, 0.3) is 22.3 Å². The molecular formula is C33H36N10O2. The molecule has 45 heavy (non-hydrogen) atoms. The highest BCUT2D eigenvalue weighted by Crippen LogP contribution is 2.34. The number of pyridine rings is 1. The number of anilines is 4. The number of nitrogens with two attached hydrogens (primary N) is 2. The number of likely N-dealkylation sites (tertiary alicyclic amines) is 1. The van der Waals surface area contributed by atoms with Crippen molar-refractivity contribution in [1.29, 1.82) is 0 Å². The lowest BCUT2D eigenvalue weighted by atomic mass is 10.1. The lowest BCUT2D eigenvalue weighted by Crippen LogP contribution is -2.37. The Labute approximate surface area is 260 Å². The summed E-state index contributed by atoms with van der Waals surface area (Å²) in [6.45, 7) is 4.47. The molecule has 4 heterocycles. The molecule has 1 aliphatic heterocycles. The number of aryl methyl sites for hydroxylation is 1. The molecular weight excluding hydrogens is 568 g/mol. The number of nitrogen functional groups attached to an aromatic ring is 2. The first kappa shape index (κ1) is 29.7. The molecule has 1 saturated heterocycles. The summed E-state index contributed by atoms with van der Waals surface area (Å²) < 4.78 is 1.96. The average molecular weight is 605 g/mol. The molecule has 5 aromatic rings. The monoisotopic (exact) mass is 604 g/mol. The van der Waals surface area contributed by atoms with E-state index in [1.165, 1.54) is 6.33 Å². The number of carbonyl (C=O) groups excluding carboxylic acids is 2. The average Bonchev–Trinajstić information content (AvgIpc) is 3.44. The van der Waals surface area contributed by atoms with Crippen LogP contribution in [0.3, 0.4) is 0 Å². The summed E-state index contributed by atoms with van der Waals surface area (Å²) >= 11 is 0. The Morgan fingerprint density at radius 2 is 1.82 bits per heavy atom. The summed E-state index contributed by atoms with van der Waals surface area (Å²) in [5.74, 6) is 0.556. The molecule has 230 valence electrons. The van der Waals surface area contributed by atoms with Crippen LogP contribution in [0.15, 0.2) is 73.2 Å². The summed E-state index contributed by atoms with van der Waals surface area (Å²) in [7, 11) is 0. The number of nitrogens with one attached hydrogen (secondary N) is 2. The summed E-state index contributed by atoms with van der Waals surface area (Å²) in [5.41, 5.74) is 17.2. The Kier molecular flexibility index (Phi) is 8.65. The molecule has 1 unspecified atom stereocenters. The molecule has 1 fully saturated rings. The SMILES string of the molecule is Cc1ccnc(NC(=O)c2ccc(-c3nn(C4CCCN(CCCC(=O)Nc5ccccc5N)C4)c4ncnc(N)c34)cc2)c1. The van der Waals surface area contributed by atoms with Crippen molar-refractivity contribution in [2.75, 3.05) is 41.7 Å². The largest absolute Gasteiger partial charge is 0.397 e. The van der Waals surface area contributed by atoms with E-state index in [2.05, 4.69) is 30.5 Å². The van der Waals surface area contributed by atoms with Crippen molar-refractivity contribution >= 4 is 45.9 Å². The zero-order valence-corrected chi connectivity index (χ0v) is 25.1. The minimum atomic E-state index is -0.248. The van der Waals surface area contributed by atoms with Crippen molar-refractivity contribution in [1.82, 2.24) is 29.6 Å². The van der Waals surface area contributed by atoms with Gasteiger partial charge in [-0.3, -0.25) is 9.59 Å². The first-order chi connectivity index (χ1) is 21.9. The smallest absolute Gasteiger partial charge is 0.256 e. The second kappa shape index (κ2) is 13.1. The van der Waals surface area contributed by atoms with Crippen LogP contribution >= 0.6 is 0 Å². The van der Waals surface area contributed by atoms with E-state index in [9.17, 15) is 9.59 Å². The number of carbonyl (C=O) groups is 2. The molecule has 1 aliphatic rings. The topological polar surface area (TPSA) is 170 Å². The number of nitrogens with zero attached hydrogens (tertiary/aromatic N) is 6. The van der Waals surface area contributed by atoms with Gasteiger partial charge in [0, 0.05) is 30.3 Å². The van der Waals surface area contributed by atoms with Gasteiger partial charge in [0.25, 0.3) is 5.91 Å². The molecule has 6 rings (SSSR count). The number of fused-ring (bicyclic) bond motifs is 1. The number of para-hydroxylation sites is 2. The van der Waals surface area contributed by atoms with Crippen LogP contribution in [0.1, 0.15) is 47.6 Å². The molecule has 2 amide bonds. The summed E-state index contributed by atoms with van der Waals surface area (Å²) in [6, 6.07) is 18.3. The molecule has 12 nitrogen and oxygen atoms in total. The van der Waals surface area contributed by atoms with Crippen LogP contribution in [-0.4, -0.2) is 61.1 Å². The number of hydrogen-bond donors (Lipinski definition) is 4. The third kappa shape index (κ3) is 6.75. The van der Waals surface area contributed by atoms with Crippen LogP contribution in [0, 0.1) is 6.92 Å². The van der Waals surface area contributed by atoms with Crippen molar-refractivity contribution in [2.24, 2.45) is 0 Å². The Balaban J connectivity index is 1.14. The van der Waals surface area contributed by atoms with Crippen LogP contribution < -0.4 is 22.1 Å². The van der Waals surface area contributed by atoms with E-state index in [4.69, 9.17) is 16.6 Å². The third-order valence-electron chi connectivity index (χ3n) is 8.04. The van der Waals surface area contributed by atoms with Gasteiger partial charge in [-0.25, -0.2) is 19.6 Å². The number of hydrogen-bond acceptors (Lipinski definition) is 9. The first-order valence-corrected chi connectivity index (χ1v) is 15.1. The Morgan fingerprint density at radius 1 is 1.00 bits per heavy atom. The number of benzene rings is 2. The number of rotatable bonds is 9. The van der Waals surface area contributed by atoms with E-state index < -0.39 is 0 Å². The molecule has 6 N–H and O–H groups in total. The maximum absolute atomic E-state index is 12.8. The predicted molar refractivity (Wildman–Crippen MR) is 176 cm³/mol. The van der Waals surface area contributed by atoms with E-state index in [-0.39, 0.29) is 17.9 Å². The summed E-state index contributed by atoms with van der Waals surface area (Å²) in [6.07, 6.45) is 6.20. The second-order valence-electron chi connectivity index (χ2n) is 11.3. The Bertz CT molecular complexity index is 1840. The van der Waals surface area contributed by atoms with Gasteiger partial charge in [0.15, 0.2) is 5.65 Å². The van der Waals surface area contributed by atoms with E-state index in [1.807, 2.05) is 48.0 Å². The van der Waals surface area contributed by atoms with Crippen LogP contribution in [0.4, 0.5) is 23.0 Å². The van der Waals surface area contributed by atoms with Gasteiger partial charge >= 0.3 is 0 Å². The van der Waals surface area contributed by atoms with Gasteiger partial charge in [-0.05, 0) is 81.2 Å². The Morgan fingerprint density at radius 3 is 2.62 bits per heavy atom. The van der Waals surface area contributed by atoms with Gasteiger partial charge < -0.3 is 27.0 Å². The van der Waals surface area contributed by atoms with Crippen LogP contribution in [0.5, 0.6) is 0 Å². The molecule has 0 saturated carbocycles. The zero-order valence-electron chi connectivity index (χ0n) is 25.1. The van der Waals surface area contributed by atoms with E-state index in [1.54, 1.807) is 30.5 Å². The lowest BCUT2D eigenvalue weighted by Gasteiger charge is -2.32. The van der Waals surface area contributed by atoms with Crippen LogP contribution in [-0.2, 0) is 4.79 Å². The van der Waals surface area contributed by atoms with E-state index >= 15 is 0 Å². The summed E-state index contributed by atoms with van der Waals surface area (Å²) in [5, 5.41) is 11.4. The molecule has 1 atom stereocenters. The first-order valence-electron chi connectivity index (χ1n) is 15.1. The zero-order chi connectivity index (χ0) is 31.3. The molecule has 0 spiro atoms. The van der Waals surface area contributed by atoms with Crippen LogP contribution in [0.2, 0.25) is 0 Å². The minimum absolute atomic E-state index is 0.0494. The quantitative estimate of drug-likeness (QED) is 0.175. The molecule has 12 heteroatoms. The highest BCUT2D eigenvalue weighted by atomic mass is 16.2. The standard InChI is InChI=1S/C33H36N10O2/c1-21-14-15-36-27(18-21)40-33(45)23-12-10-22(11-13-23)30-29-31(35)37-20-38-32(29)43(41-30)24-6-4-16-42(19-24)17-5-9-28(44)39-26-8-3-2-7-25(26)34/h2-3,7-8,10-15,18,20,24H,4-6,9,16-17,19,34H2,1H3,(H,39,44)(H2,35,37,38)(H,36,40,45). The number of aromatic nitrogens is 5. The van der Waals surface area contributed by atoms with E-state index in [0.29, 0.717) is 51.7 Å². The highest BCUT2D eigenvalue weighted by molar-refractivity contribution is 6.04. The fraction of sp³-hybridized carbons (Fsp3) is 0.273. The number of amides is 2. The fourth-order valence-electron chi connectivity index (χ4n) is 5.75. The van der Waals surface area contributed by atoms with Gasteiger partial charge in [-0.1, -0.05) is 24.3 Å². The highest BCUT2D eigenvalue weighted by Gasteiger charge is 2.27. The third-order valence-corrected chi connectivity index (χ3v) is 8.04. The maximum Gasteiger partial charge on any atom is 0.256 e. The number of piperidine rings is 1. The lowest BCUT2D eigenvalue weighted by molar-refractivity contribution is -0.116. The summed E-state index contributed by atoms with van der Waals surface area (Å²) in [4.78, 5) is 40.8. The van der Waals surface area contributed by atoms with Gasteiger partial charge in [0.2, 0.25) is 5.91 Å². The molecule has 0 aliphatic carbocycles. The molecule has 2 aromatic carbocycles. The van der Waals surface area contributed by atoms with Crippen molar-refractivity contribution in [2.45, 2.75) is 38.6 Å². The maximum atomic E-state index is 12.8. The molecule has 3 aromatic heterocycles. The van der Waals surface area contributed by atoms with Crippen molar-refractivity contribution in [3.63, 3.8) is 0 Å². The molecule has 0 radical (unpaired) electrons.